The van der Waals surface area contributed by atoms with Gasteiger partial charge in [0.2, 0.25) is 0 Å². The highest BCUT2D eigenvalue weighted by atomic mass is 35.5. The van der Waals surface area contributed by atoms with Crippen LogP contribution in [0, 0.1) is 10.1 Å². The van der Waals surface area contributed by atoms with Crippen LogP contribution < -0.4 is 4.74 Å². The van der Waals surface area contributed by atoms with Crippen LogP contribution in [0.1, 0.15) is 17.3 Å². The lowest BCUT2D eigenvalue weighted by Gasteiger charge is -2.04. The molecule has 0 aliphatic rings. The van der Waals surface area contributed by atoms with E-state index in [1.807, 2.05) is 0 Å². The van der Waals surface area contributed by atoms with Crippen LogP contribution in [-0.4, -0.2) is 17.8 Å². The highest BCUT2D eigenvalue weighted by Gasteiger charge is 2.20. The normalized spacial score (nSPS) is 9.80. The second kappa shape index (κ2) is 4.27. The zero-order valence-electron chi connectivity index (χ0n) is 8.11. The number of hydrogen-bond donors (Lipinski definition) is 0. The molecule has 0 heterocycles. The molecule has 5 nitrogen and oxygen atoms in total. The first-order valence-corrected chi connectivity index (χ1v) is 4.38. The molecule has 0 aromatic heterocycles. The van der Waals surface area contributed by atoms with Gasteiger partial charge in [0.15, 0.2) is 5.78 Å². The van der Waals surface area contributed by atoms with Gasteiger partial charge in [0, 0.05) is 5.56 Å². The summed E-state index contributed by atoms with van der Waals surface area (Å²) in [6.07, 6.45) is 0. The van der Waals surface area contributed by atoms with Gasteiger partial charge in [-0.05, 0) is 13.0 Å². The van der Waals surface area contributed by atoms with E-state index in [0.717, 1.165) is 0 Å². The maximum Gasteiger partial charge on any atom is 0.292 e. The van der Waals surface area contributed by atoms with Crippen LogP contribution in [0.15, 0.2) is 12.1 Å². The van der Waals surface area contributed by atoms with Gasteiger partial charge < -0.3 is 4.74 Å². The first-order valence-electron chi connectivity index (χ1n) is 4.00. The molecule has 80 valence electrons. The minimum absolute atomic E-state index is 0.0858. The van der Waals surface area contributed by atoms with Crippen molar-refractivity contribution >= 4 is 23.1 Å². The molecule has 0 bridgehead atoms. The minimum Gasteiger partial charge on any atom is -0.496 e. The molecule has 0 radical (unpaired) electrons. The maximum absolute atomic E-state index is 11.1. The average molecular weight is 230 g/mol. The summed E-state index contributed by atoms with van der Waals surface area (Å²) in [5.41, 5.74) is -0.246. The van der Waals surface area contributed by atoms with Crippen LogP contribution in [-0.2, 0) is 0 Å². The van der Waals surface area contributed by atoms with E-state index >= 15 is 0 Å². The number of rotatable bonds is 3. The van der Waals surface area contributed by atoms with E-state index in [2.05, 4.69) is 0 Å². The fourth-order valence-electron chi connectivity index (χ4n) is 1.09. The van der Waals surface area contributed by atoms with E-state index in [9.17, 15) is 14.9 Å². The largest absolute Gasteiger partial charge is 0.496 e. The van der Waals surface area contributed by atoms with E-state index in [0.29, 0.717) is 0 Å². The van der Waals surface area contributed by atoms with E-state index in [4.69, 9.17) is 16.3 Å². The molecule has 0 spiro atoms. The van der Waals surface area contributed by atoms with Crippen molar-refractivity contribution in [1.82, 2.24) is 0 Å². The van der Waals surface area contributed by atoms with Crippen LogP contribution in [0.4, 0.5) is 5.69 Å². The molecule has 1 aromatic carbocycles. The van der Waals surface area contributed by atoms with Crippen molar-refractivity contribution in [3.05, 3.63) is 32.8 Å². The minimum atomic E-state index is -0.655. The van der Waals surface area contributed by atoms with Gasteiger partial charge in [0.05, 0.1) is 18.1 Å². The zero-order valence-corrected chi connectivity index (χ0v) is 8.87. The molecule has 0 saturated carbocycles. The van der Waals surface area contributed by atoms with E-state index < -0.39 is 4.92 Å². The molecule has 0 atom stereocenters. The van der Waals surface area contributed by atoms with Gasteiger partial charge in [-0.25, -0.2) is 0 Å². The summed E-state index contributed by atoms with van der Waals surface area (Å²) in [4.78, 5) is 21.1. The molecule has 1 aromatic rings. The Labute approximate surface area is 90.8 Å². The summed E-state index contributed by atoms with van der Waals surface area (Å²) >= 11 is 5.71. The second-order valence-electron chi connectivity index (χ2n) is 2.82. The van der Waals surface area contributed by atoms with Crippen molar-refractivity contribution in [3.63, 3.8) is 0 Å². The molecule has 6 heteroatoms. The van der Waals surface area contributed by atoms with Gasteiger partial charge in [0.1, 0.15) is 10.8 Å². The highest BCUT2D eigenvalue weighted by Crippen LogP contribution is 2.32. The molecule has 0 saturated heterocycles. The van der Waals surface area contributed by atoms with Gasteiger partial charge in [-0.15, -0.1) is 0 Å². The van der Waals surface area contributed by atoms with Gasteiger partial charge in [0.25, 0.3) is 5.69 Å². The Morgan fingerprint density at radius 3 is 2.53 bits per heavy atom. The number of carbonyl (C=O) groups excluding carboxylic acids is 1. The lowest BCUT2D eigenvalue weighted by molar-refractivity contribution is -0.384. The fraction of sp³-hybridized carbons (Fsp3) is 0.222. The van der Waals surface area contributed by atoms with Gasteiger partial charge in [-0.3, -0.25) is 14.9 Å². The molecule has 0 amide bonds. The third-order valence-corrected chi connectivity index (χ3v) is 2.24. The number of hydrogen-bond acceptors (Lipinski definition) is 4. The molecular weight excluding hydrogens is 222 g/mol. The summed E-state index contributed by atoms with van der Waals surface area (Å²) in [6.45, 7) is 1.28. The van der Waals surface area contributed by atoms with E-state index in [1.54, 1.807) is 0 Å². The Balaban J connectivity index is 3.47. The van der Waals surface area contributed by atoms with Crippen molar-refractivity contribution in [2.24, 2.45) is 0 Å². The number of nitro benzene ring substituents is 1. The van der Waals surface area contributed by atoms with Crippen LogP contribution in [0.5, 0.6) is 5.75 Å². The van der Waals surface area contributed by atoms with Gasteiger partial charge >= 0.3 is 0 Å². The molecule has 0 N–H and O–H groups in total. The van der Waals surface area contributed by atoms with Crippen LogP contribution in [0.3, 0.4) is 0 Å². The Bertz CT molecular complexity index is 395. The van der Waals surface area contributed by atoms with Crippen molar-refractivity contribution in [2.75, 3.05) is 7.11 Å². The monoisotopic (exact) mass is 229 g/mol. The molecule has 0 unspecified atom stereocenters. The zero-order chi connectivity index (χ0) is 11.6. The summed E-state index contributed by atoms with van der Waals surface area (Å²) in [6, 6.07) is 2.55. The number of benzene rings is 1. The van der Waals surface area contributed by atoms with Crippen molar-refractivity contribution in [2.45, 2.75) is 6.92 Å². The smallest absolute Gasteiger partial charge is 0.292 e. The Hall–Kier alpha value is -1.62. The Morgan fingerprint density at radius 1 is 1.53 bits per heavy atom. The van der Waals surface area contributed by atoms with Crippen LogP contribution in [0.2, 0.25) is 5.02 Å². The summed E-state index contributed by atoms with van der Waals surface area (Å²) < 4.78 is 4.84. The molecular formula is C9H8ClNO4. The third-order valence-electron chi connectivity index (χ3n) is 1.84. The summed E-state index contributed by atoms with van der Waals surface area (Å²) in [5, 5.41) is 10.5. The SMILES string of the molecule is COc1cc(C(C)=O)c(Cl)c([N+](=O)[O-])c1. The van der Waals surface area contributed by atoms with Crippen molar-refractivity contribution < 1.29 is 14.5 Å². The number of Topliss-reactive ketones (excluding diaryl/α,β-unsaturated/α-hetero) is 1. The summed E-state index contributed by atoms with van der Waals surface area (Å²) in [7, 11) is 1.36. The standard InChI is InChI=1S/C9H8ClNO4/c1-5(12)7-3-6(15-2)4-8(9(7)10)11(13)14/h3-4H,1-2H3. The number of nitro groups is 1. The number of ether oxygens (including phenoxy) is 1. The second-order valence-corrected chi connectivity index (χ2v) is 3.20. The predicted molar refractivity (Wildman–Crippen MR) is 54.7 cm³/mol. The van der Waals surface area contributed by atoms with E-state index in [-0.39, 0.29) is 27.8 Å². The van der Waals surface area contributed by atoms with Crippen LogP contribution in [0.25, 0.3) is 0 Å². The third kappa shape index (κ3) is 2.24. The fourth-order valence-corrected chi connectivity index (χ4v) is 1.40. The quantitative estimate of drug-likeness (QED) is 0.454. The lowest BCUT2D eigenvalue weighted by atomic mass is 10.1. The number of methoxy groups -OCH3 is 1. The number of carbonyl (C=O) groups is 1. The number of ketones is 1. The number of nitrogens with zero attached hydrogens (tertiary/aromatic N) is 1. The lowest BCUT2D eigenvalue weighted by Crippen LogP contribution is -1.99. The van der Waals surface area contributed by atoms with Gasteiger partial charge in [-0.1, -0.05) is 11.6 Å². The molecule has 0 fully saturated rings. The molecule has 1 rings (SSSR count). The van der Waals surface area contributed by atoms with Gasteiger partial charge in [-0.2, -0.15) is 0 Å². The Morgan fingerprint density at radius 2 is 2.13 bits per heavy atom. The maximum atomic E-state index is 11.1. The van der Waals surface area contributed by atoms with E-state index in [1.165, 1.54) is 26.2 Å². The summed E-state index contributed by atoms with van der Waals surface area (Å²) in [5.74, 6) is -0.113. The molecule has 15 heavy (non-hydrogen) atoms. The predicted octanol–water partition coefficient (Wildman–Crippen LogP) is 2.46. The number of halogens is 1. The first kappa shape index (κ1) is 11.5. The topological polar surface area (TPSA) is 69.4 Å². The first-order chi connectivity index (χ1) is 6.97. The average Bonchev–Trinajstić information content (AvgIpc) is 2.17. The van der Waals surface area contributed by atoms with Crippen molar-refractivity contribution in [3.8, 4) is 5.75 Å². The highest BCUT2D eigenvalue weighted by molar-refractivity contribution is 6.36. The van der Waals surface area contributed by atoms with Crippen molar-refractivity contribution in [1.29, 1.82) is 0 Å². The Kier molecular flexibility index (Phi) is 3.26. The molecule has 0 aliphatic carbocycles. The molecule has 0 aliphatic heterocycles. The van der Waals surface area contributed by atoms with Crippen LogP contribution >= 0.6 is 11.6 Å².